The third-order valence-electron chi connectivity index (χ3n) is 12.7. The van der Waals surface area contributed by atoms with Crippen molar-refractivity contribution in [1.29, 1.82) is 31.6 Å². The van der Waals surface area contributed by atoms with Gasteiger partial charge >= 0.3 is 63.1 Å². The minimum absolute atomic E-state index is 0. The number of carboxylic acid groups (broad SMARTS) is 2. The van der Waals surface area contributed by atoms with E-state index in [-0.39, 0.29) is 62.3 Å². The Balaban J connectivity index is -0.00000123. The van der Waals surface area contributed by atoms with Crippen LogP contribution >= 0.6 is 0 Å². The van der Waals surface area contributed by atoms with Gasteiger partial charge in [0, 0.05) is 94.8 Å². The van der Waals surface area contributed by atoms with Gasteiger partial charge in [0.05, 0.1) is 23.3 Å². The second-order valence-electron chi connectivity index (χ2n) is 16.1. The molecule has 81 heavy (non-hydrogen) atoms. The average Bonchev–Trinajstić information content (AvgIpc) is 3.50. The maximum atomic E-state index is 12.1. The third-order valence-corrected chi connectivity index (χ3v) is 12.7. The van der Waals surface area contributed by atoms with Crippen molar-refractivity contribution in [1.82, 2.24) is 9.15 Å². The van der Waals surface area contributed by atoms with E-state index in [9.17, 15) is 19.8 Å². The second-order valence-corrected chi connectivity index (χ2v) is 16.1. The molecule has 16 nitrogen and oxygen atoms in total. The van der Waals surface area contributed by atoms with Gasteiger partial charge in [-0.3, -0.25) is 0 Å². The normalized spacial score (nSPS) is 9.23. The predicted octanol–water partition coefficient (Wildman–Crippen LogP) is 11.7. The second kappa shape index (κ2) is 40.5. The summed E-state index contributed by atoms with van der Waals surface area (Å²) in [5, 5.41) is 61.3. The average molecular weight is 1230 g/mol. The summed E-state index contributed by atoms with van der Waals surface area (Å²) in [5.41, 5.74) is 9.23. The smallest absolute Gasteiger partial charge is 0.512 e. The zero-order valence-electron chi connectivity index (χ0n) is 46.2. The van der Waals surface area contributed by atoms with Gasteiger partial charge in [0.1, 0.15) is 48.9 Å². The summed E-state index contributed by atoms with van der Waals surface area (Å²) in [6.07, 6.45) is 0. The Morgan fingerprint density at radius 1 is 0.432 bits per heavy atom. The SMILES string of the molecule is CCN(CC)c1ccc2c(-c3ccccc3C(=O)O)c3ccc(=[N+](CC)CC)cc-3oc2c1.CCN(CC)c1ccc2c(-c3ccccc3C(=O)O)c3ccc(=[N+](CC)CC)cc-3oc2c1.[C-]#N.[C-]#N.[C-]#N.[C-]#N.[C-]#N.[C-]#N.[Cu+].[Cu+].[Fe+2]. The van der Waals surface area contributed by atoms with Gasteiger partial charge in [0.15, 0.2) is 0 Å². The van der Waals surface area contributed by atoms with Crippen LogP contribution in [-0.4, -0.2) is 74.5 Å². The Labute approximate surface area is 507 Å². The van der Waals surface area contributed by atoms with E-state index >= 15 is 0 Å². The molecule has 2 aliphatic heterocycles. The monoisotopic (exact) mass is 1220 g/mol. The van der Waals surface area contributed by atoms with Crippen LogP contribution in [0.5, 0.6) is 0 Å². The van der Waals surface area contributed by atoms with Crippen LogP contribution in [-0.2, 0) is 51.2 Å². The summed E-state index contributed by atoms with van der Waals surface area (Å²) >= 11 is 0. The Bertz CT molecular complexity index is 3200. The number of hydrogen-bond donors (Lipinski definition) is 2. The first kappa shape index (κ1) is 76.5. The van der Waals surface area contributed by atoms with E-state index in [4.69, 9.17) is 79.8 Å². The largest absolute Gasteiger partial charge is 2.00 e. The first-order chi connectivity index (χ1) is 38.0. The fourth-order valence-electron chi connectivity index (χ4n) is 9.23. The van der Waals surface area contributed by atoms with Crippen LogP contribution in [0.1, 0.15) is 76.1 Å². The van der Waals surface area contributed by atoms with Gasteiger partial charge < -0.3 is 99.9 Å². The number of carboxylic acids is 2. The van der Waals surface area contributed by atoms with E-state index in [1.807, 2.05) is 24.3 Å². The molecule has 4 aromatic rings. The molecule has 0 aromatic heterocycles. The maximum absolute atomic E-state index is 12.1. The van der Waals surface area contributed by atoms with Crippen LogP contribution in [0, 0.1) is 71.0 Å². The van der Waals surface area contributed by atoms with Gasteiger partial charge in [-0.2, -0.15) is 0 Å². The molecule has 0 bridgehead atoms. The molecular weight excluding hydrogens is 1160 g/mol. The van der Waals surface area contributed by atoms with E-state index in [0.29, 0.717) is 11.1 Å². The summed E-state index contributed by atoms with van der Waals surface area (Å²) in [5.74, 6) is -0.378. The number of nitrogens with zero attached hydrogens (tertiary/aromatic N) is 10. The van der Waals surface area contributed by atoms with Gasteiger partial charge in [0.2, 0.25) is 10.7 Å². The molecule has 2 N–H and O–H groups in total. The van der Waals surface area contributed by atoms with Gasteiger partial charge in [-0.15, -0.1) is 0 Å². The van der Waals surface area contributed by atoms with Gasteiger partial charge in [0.25, 0.3) is 0 Å². The van der Waals surface area contributed by atoms with Gasteiger partial charge in [-0.05, 0) is 115 Å². The summed E-state index contributed by atoms with van der Waals surface area (Å²) < 4.78 is 17.5. The summed E-state index contributed by atoms with van der Waals surface area (Å²) in [6, 6.07) is 39.2. The van der Waals surface area contributed by atoms with Crippen molar-refractivity contribution in [3.05, 3.63) is 183 Å². The number of rotatable bonds is 14. The summed E-state index contributed by atoms with van der Waals surface area (Å²) in [4.78, 5) is 28.7. The van der Waals surface area contributed by atoms with Gasteiger partial charge in [-0.25, -0.2) is 18.7 Å². The van der Waals surface area contributed by atoms with E-state index < -0.39 is 11.9 Å². The molecule has 0 saturated carbocycles. The third kappa shape index (κ3) is 18.2. The molecule has 0 fully saturated rings. The van der Waals surface area contributed by atoms with Crippen LogP contribution in [0.25, 0.3) is 66.8 Å². The number of hydrogen-bond acceptors (Lipinski definition) is 12. The Hall–Kier alpha value is -8.70. The first-order valence-corrected chi connectivity index (χ1v) is 24.7. The molecule has 19 heteroatoms. The molecule has 0 unspecified atom stereocenters. The van der Waals surface area contributed by atoms with Crippen LogP contribution in [0.2, 0.25) is 0 Å². The molecule has 0 amide bonds. The number of anilines is 2. The zero-order chi connectivity index (χ0) is 59.1. The van der Waals surface area contributed by atoms with Crippen LogP contribution in [0.3, 0.4) is 0 Å². The van der Waals surface area contributed by atoms with Crippen molar-refractivity contribution in [2.75, 3.05) is 62.2 Å². The molecule has 2 aliphatic carbocycles. The maximum Gasteiger partial charge on any atom is 2.00 e. The number of carbonyl (C=O) groups is 2. The number of benzene rings is 6. The molecular formula is C62H62Cu2FeN10O6. The molecule has 0 radical (unpaired) electrons. The van der Waals surface area contributed by atoms with Crippen molar-refractivity contribution in [3.8, 4) is 44.9 Å². The minimum Gasteiger partial charge on any atom is -0.512 e. The van der Waals surface area contributed by atoms with Crippen molar-refractivity contribution in [2.24, 2.45) is 0 Å². The summed E-state index contributed by atoms with van der Waals surface area (Å²) in [6.45, 7) is 52.8. The Morgan fingerprint density at radius 3 is 1.00 bits per heavy atom. The quantitative estimate of drug-likeness (QED) is 0.0444. The molecule has 426 valence electrons. The topological polar surface area (TPSA) is 256 Å². The molecule has 0 saturated heterocycles. The predicted molar refractivity (Wildman–Crippen MR) is 300 cm³/mol. The Kier molecular flexibility index (Phi) is 38.2. The fourth-order valence-corrected chi connectivity index (χ4v) is 9.23. The number of fused-ring (bicyclic) bond motifs is 4. The van der Waals surface area contributed by atoms with Crippen molar-refractivity contribution < 1.29 is 79.8 Å². The van der Waals surface area contributed by atoms with E-state index in [2.05, 4.69) is 147 Å². The van der Waals surface area contributed by atoms with E-state index in [1.54, 1.807) is 24.3 Å². The fraction of sp³-hybridized carbons (Fsp3) is 0.258. The molecule has 0 spiro atoms. The van der Waals surface area contributed by atoms with Crippen molar-refractivity contribution in [3.63, 3.8) is 0 Å². The van der Waals surface area contributed by atoms with Crippen LogP contribution < -0.4 is 29.7 Å². The molecule has 4 aliphatic rings. The Morgan fingerprint density at radius 2 is 0.728 bits per heavy atom. The standard InChI is InChI=1S/2C28H30N2O3.6CN.2Cu.Fe/c2*1-5-29(6-2)19-13-15-23-25(17-19)33-26-18-20(30(7-3)8-4)14-16-24(26)27(23)21-11-9-10-12-22(21)28(31)32;6*1-2;;;/h2*9-18H,5-8H2,1-4H3;;;;;;;;;/q;;6*-1;2*+1;+2/p+2. The van der Waals surface area contributed by atoms with E-state index in [1.165, 1.54) is 0 Å². The van der Waals surface area contributed by atoms with Gasteiger partial charge in [-0.1, -0.05) is 36.4 Å². The van der Waals surface area contributed by atoms with Crippen LogP contribution in [0.15, 0.2) is 130 Å². The molecule has 0 atom stereocenters. The zero-order valence-corrected chi connectivity index (χ0v) is 49.1. The molecule has 8 rings (SSSR count). The van der Waals surface area contributed by atoms with Crippen LogP contribution in [0.4, 0.5) is 11.4 Å². The number of aromatic carboxylic acids is 2. The first-order valence-electron chi connectivity index (χ1n) is 24.7. The minimum atomic E-state index is -0.938. The molecule has 4 aromatic carbocycles. The van der Waals surface area contributed by atoms with E-state index in [0.717, 1.165) is 130 Å². The molecule has 2 heterocycles. The summed E-state index contributed by atoms with van der Waals surface area (Å²) in [7, 11) is 0. The van der Waals surface area contributed by atoms with Crippen molar-refractivity contribution in [2.45, 2.75) is 55.4 Å². The van der Waals surface area contributed by atoms with Crippen molar-refractivity contribution >= 4 is 45.3 Å².